The van der Waals surface area contributed by atoms with Gasteiger partial charge in [-0.05, 0) is 97.1 Å². The molecule has 49 heteroatoms. The van der Waals surface area contributed by atoms with Crippen LogP contribution in [0.2, 0.25) is 0 Å². The van der Waals surface area contributed by atoms with Crippen LogP contribution in [-0.2, 0) is 68.3 Å². The van der Waals surface area contributed by atoms with E-state index in [1.54, 1.807) is 24.8 Å². The van der Waals surface area contributed by atoms with Gasteiger partial charge >= 0.3 is 92.2 Å². The quantitative estimate of drug-likeness (QED) is 0.0652. The zero-order valence-electron chi connectivity index (χ0n) is 56.8. The summed E-state index contributed by atoms with van der Waals surface area (Å²) in [5, 5.41) is 120. The molecule has 4 radical (unpaired) electrons. The molecule has 12 rings (SSSR count). The number of benzene rings is 2. The molecule has 115 heavy (non-hydrogen) atoms. The van der Waals surface area contributed by atoms with E-state index in [1.807, 2.05) is 24.3 Å². The van der Waals surface area contributed by atoms with Crippen LogP contribution in [-0.4, -0.2) is 202 Å². The van der Waals surface area contributed by atoms with E-state index in [1.165, 1.54) is 84.9 Å². The Hall–Kier alpha value is -13.7. The molecule has 26 N–H and O–H groups in total. The number of pyridine rings is 10. The third-order valence-corrected chi connectivity index (χ3v) is 11.7. The maximum absolute atomic E-state index is 10.3. The van der Waals surface area contributed by atoms with Gasteiger partial charge in [0.25, 0.3) is 0 Å². The van der Waals surface area contributed by atoms with Crippen molar-refractivity contribution >= 4 is 115 Å². The van der Waals surface area contributed by atoms with Crippen molar-refractivity contribution in [3.63, 3.8) is 0 Å². The van der Waals surface area contributed by atoms with E-state index in [2.05, 4.69) is 98.4 Å². The molecule has 0 aliphatic rings. The summed E-state index contributed by atoms with van der Waals surface area (Å²) in [6.45, 7) is 0. The molecule has 0 saturated carbocycles. The first-order valence-corrected chi connectivity index (χ1v) is 27.2. The van der Waals surface area contributed by atoms with E-state index in [0.717, 1.165) is 67.9 Å². The minimum absolute atomic E-state index is 0. The van der Waals surface area contributed by atoms with E-state index >= 15 is 0 Å². The maximum Gasteiger partial charge on any atom is 2.00 e. The Kier molecular flexibility index (Phi) is 67.3. The summed E-state index contributed by atoms with van der Waals surface area (Å²) < 4.78 is 0. The molecule has 0 unspecified atom stereocenters. The monoisotopic (exact) mass is 1800 g/mol. The van der Waals surface area contributed by atoms with Crippen molar-refractivity contribution in [1.82, 2.24) is 49.8 Å². The summed E-state index contributed by atoms with van der Waals surface area (Å²) in [4.78, 5) is 160. The summed E-state index contributed by atoms with van der Waals surface area (Å²) >= 11 is 0. The van der Waals surface area contributed by atoms with Gasteiger partial charge in [-0.25, -0.2) is 49.1 Å². The van der Waals surface area contributed by atoms with Crippen LogP contribution in [0.25, 0.3) is 43.6 Å². The van der Waals surface area contributed by atoms with Crippen molar-refractivity contribution in [2.24, 2.45) is 0 Å². The Labute approximate surface area is 683 Å². The Morgan fingerprint density at radius 2 is 0.313 bits per heavy atom. The van der Waals surface area contributed by atoms with E-state index < -0.39 is 94.4 Å². The molecule has 12 aromatic rings. The van der Waals surface area contributed by atoms with Crippen molar-refractivity contribution < 1.29 is 247 Å². The van der Waals surface area contributed by atoms with Crippen LogP contribution in [0.15, 0.2) is 207 Å². The molecule has 0 bridgehead atoms. The Morgan fingerprint density at radius 1 is 0.191 bits per heavy atom. The summed E-state index contributed by atoms with van der Waals surface area (Å²) in [7, 11) is 0. The zero-order valence-corrected chi connectivity index (χ0v) is 60.5. The molecule has 628 valence electrons. The molecular formula is C66H60Cu4N10O35. The van der Waals surface area contributed by atoms with Crippen molar-refractivity contribution in [2.45, 2.75) is 0 Å². The number of nitrogens with zero attached hydrogens (tertiary/aromatic N) is 10. The fraction of sp³-hybridized carbons (Fsp3) is 0. The van der Waals surface area contributed by atoms with Crippen LogP contribution in [0, 0.1) is 0 Å². The minimum Gasteiger partial charge on any atom is -0.543 e. The van der Waals surface area contributed by atoms with Crippen LogP contribution < -0.4 is 40.9 Å². The topological polar surface area (TPSA) is 946 Å². The molecule has 0 fully saturated rings. The number of fused-ring (bicyclic) bond motifs is 6. The van der Waals surface area contributed by atoms with Gasteiger partial charge in [-0.3, -0.25) is 19.9 Å². The van der Waals surface area contributed by atoms with E-state index in [0.29, 0.717) is 0 Å². The first-order valence-electron chi connectivity index (χ1n) is 27.2. The van der Waals surface area contributed by atoms with Crippen molar-refractivity contribution in [3.8, 4) is 0 Å². The molecule has 0 saturated heterocycles. The van der Waals surface area contributed by atoms with Gasteiger partial charge in [-0.1, -0.05) is 84.9 Å². The van der Waals surface area contributed by atoms with Gasteiger partial charge in [0.05, 0.1) is 115 Å². The standard InChI is InChI=1S/2C12H8N2.6C7H5NO4.4Cu.11H2O/c2*1-3-9-5-6-10-4-2-8-14-12(10)11(9)13-7-1;6*9-6(10)4-2-1-3-5(8-4)7(11)12;;;;;;;;;;;;;;;/h2*1-8H;6*1-3H,(H,9,10)(H,11,12);;;;;11*1H2/q;;;;;;;;4*+2;;;;;;;;;;;/p-8. The summed E-state index contributed by atoms with van der Waals surface area (Å²) in [6.07, 6.45) is 7.21. The second-order valence-electron chi connectivity index (χ2n) is 18.4. The van der Waals surface area contributed by atoms with Gasteiger partial charge in [0, 0.05) is 46.3 Å². The van der Waals surface area contributed by atoms with Crippen molar-refractivity contribution in [1.29, 1.82) is 0 Å². The number of hydrogen-bond acceptors (Lipinski definition) is 30. The third-order valence-electron chi connectivity index (χ3n) is 11.7. The average molecular weight is 1810 g/mol. The fourth-order valence-electron chi connectivity index (χ4n) is 7.35. The SMILES string of the molecule is O.O.O.O.O.O.O.O.O.O.O.O=C([O-])c1cccc(C(=O)O)n1.O=C([O-])c1cccc(C(=O)O)n1.O=C([O-])c1cccc(C(=O)O)n1.O=C([O-])c1cccc(C(=O)O)n1.O=C([O-])c1cccc(C(=O)[O-])n1.O=C([O-])c1cccc(C(=O)[O-])n1.[Cu+2].[Cu+2].[Cu+2].[Cu+2].c1cnc2c(c1)ccc1cccnc12.c1cnc2c(c1)ccc1cccnc12. The molecule has 45 nitrogen and oxygen atoms in total. The van der Waals surface area contributed by atoms with Crippen molar-refractivity contribution in [3.05, 3.63) is 275 Å². The van der Waals surface area contributed by atoms with Crippen LogP contribution in [0.3, 0.4) is 0 Å². The molecule has 0 aliphatic heterocycles. The number of carboxylic acids is 12. The molecular weight excluding hydrogens is 1750 g/mol. The second-order valence-corrected chi connectivity index (χ2v) is 18.4. The predicted octanol–water partition coefficient (Wildman–Crippen LogP) is -11.3. The van der Waals surface area contributed by atoms with Crippen molar-refractivity contribution in [2.75, 3.05) is 0 Å². The fourth-order valence-corrected chi connectivity index (χ4v) is 7.35. The zero-order chi connectivity index (χ0) is 73.6. The number of aromatic nitrogens is 10. The third kappa shape index (κ3) is 39.6. The van der Waals surface area contributed by atoms with Crippen LogP contribution in [0.4, 0.5) is 0 Å². The van der Waals surface area contributed by atoms with Gasteiger partial charge < -0.3 is 160 Å². The smallest absolute Gasteiger partial charge is 0.543 e. The number of carboxylic acid groups (broad SMARTS) is 12. The van der Waals surface area contributed by atoms with E-state index in [-0.39, 0.29) is 174 Å². The molecule has 10 aromatic heterocycles. The van der Waals surface area contributed by atoms with Gasteiger partial charge in [-0.15, -0.1) is 0 Å². The maximum atomic E-state index is 10.3. The Balaban J connectivity index is -0.000000117. The molecule has 10 heterocycles. The minimum atomic E-state index is -1.52. The number of rotatable bonds is 12. The van der Waals surface area contributed by atoms with Gasteiger partial charge in [-0.2, -0.15) is 0 Å². The van der Waals surface area contributed by atoms with Gasteiger partial charge in [0.15, 0.2) is 0 Å². The summed E-state index contributed by atoms with van der Waals surface area (Å²) in [6, 6.07) is 46.0. The molecule has 2 aromatic carbocycles. The van der Waals surface area contributed by atoms with Gasteiger partial charge in [0.2, 0.25) is 0 Å². The van der Waals surface area contributed by atoms with Crippen LogP contribution >= 0.6 is 0 Å². The summed E-state index contributed by atoms with van der Waals surface area (Å²) in [5.41, 5.74) is -0.523. The Bertz CT molecular complexity index is 4200. The molecule has 0 amide bonds. The molecule has 0 atom stereocenters. The first-order chi connectivity index (χ1) is 47.6. The molecule has 0 spiro atoms. The van der Waals surface area contributed by atoms with E-state index in [9.17, 15) is 98.4 Å². The van der Waals surface area contributed by atoms with Crippen LogP contribution in [0.1, 0.15) is 126 Å². The number of aromatic carboxylic acids is 12. The van der Waals surface area contributed by atoms with E-state index in [4.69, 9.17) is 20.4 Å². The number of carbonyl (C=O) groups excluding carboxylic acids is 8. The number of hydrogen-bond donors (Lipinski definition) is 4. The van der Waals surface area contributed by atoms with Crippen LogP contribution in [0.5, 0.6) is 0 Å². The first kappa shape index (κ1) is 125. The largest absolute Gasteiger partial charge is 2.00 e. The second kappa shape index (κ2) is 62.0. The molecule has 0 aliphatic carbocycles. The normalized spacial score (nSPS) is 8.49. The van der Waals surface area contributed by atoms with Gasteiger partial charge in [0.1, 0.15) is 22.8 Å². The summed E-state index contributed by atoms with van der Waals surface area (Å²) in [5.74, 6) is -17.1. The number of carbonyl (C=O) groups is 12. The Morgan fingerprint density at radius 3 is 0.435 bits per heavy atom. The average Bonchev–Trinajstić information content (AvgIpc) is 0.801. The predicted molar refractivity (Wildman–Crippen MR) is 362 cm³/mol.